The maximum absolute atomic E-state index is 12.3. The van der Waals surface area contributed by atoms with Crippen molar-refractivity contribution in [3.8, 4) is 0 Å². The smallest absolute Gasteiger partial charge is 0.242 e. The molecule has 0 atom stereocenters. The lowest BCUT2D eigenvalue weighted by atomic mass is 10.0. The van der Waals surface area contributed by atoms with Crippen molar-refractivity contribution in [2.24, 2.45) is 0 Å². The minimum atomic E-state index is -0.509. The number of aromatic nitrogens is 2. The number of carbonyl (C=O) groups is 1. The van der Waals surface area contributed by atoms with Gasteiger partial charge < -0.3 is 15.1 Å². The molecule has 0 unspecified atom stereocenters. The van der Waals surface area contributed by atoms with Crippen LogP contribution in [0.25, 0.3) is 0 Å². The number of rotatable bonds is 3. The molecule has 19 heavy (non-hydrogen) atoms. The maximum Gasteiger partial charge on any atom is 0.242 e. The third kappa shape index (κ3) is 3.01. The van der Waals surface area contributed by atoms with Gasteiger partial charge in [-0.15, -0.1) is 0 Å². The molecule has 2 rings (SSSR count). The number of anilines is 1. The Morgan fingerprint density at radius 3 is 2.32 bits per heavy atom. The summed E-state index contributed by atoms with van der Waals surface area (Å²) in [7, 11) is 1.81. The van der Waals surface area contributed by atoms with E-state index in [4.69, 9.17) is 0 Å². The molecule has 1 N–H and O–H groups in total. The van der Waals surface area contributed by atoms with Gasteiger partial charge >= 0.3 is 0 Å². The number of nitrogens with one attached hydrogen (secondary N) is 1. The highest BCUT2D eigenvalue weighted by Crippen LogP contribution is 2.13. The molecular weight excluding hydrogens is 242 g/mol. The Morgan fingerprint density at radius 1 is 1.21 bits per heavy atom. The van der Waals surface area contributed by atoms with Crippen LogP contribution in [-0.4, -0.2) is 59.5 Å². The third-order valence-corrected chi connectivity index (χ3v) is 3.56. The van der Waals surface area contributed by atoms with E-state index < -0.39 is 5.54 Å². The Kier molecular flexibility index (Phi) is 3.99. The third-order valence-electron chi connectivity index (χ3n) is 3.56. The highest BCUT2D eigenvalue weighted by atomic mass is 16.2. The number of amides is 1. The minimum absolute atomic E-state index is 0.142. The monoisotopic (exact) mass is 263 g/mol. The second kappa shape index (κ2) is 5.52. The average Bonchev–Trinajstić information content (AvgIpc) is 2.47. The van der Waals surface area contributed by atoms with Crippen molar-refractivity contribution >= 4 is 11.9 Å². The molecule has 0 radical (unpaired) electrons. The van der Waals surface area contributed by atoms with Crippen LogP contribution >= 0.6 is 0 Å². The molecule has 1 aromatic rings. The quantitative estimate of drug-likeness (QED) is 0.839. The van der Waals surface area contributed by atoms with Gasteiger partial charge in [0, 0.05) is 38.6 Å². The van der Waals surface area contributed by atoms with Crippen LogP contribution in [-0.2, 0) is 4.79 Å². The maximum atomic E-state index is 12.3. The van der Waals surface area contributed by atoms with E-state index in [-0.39, 0.29) is 5.91 Å². The van der Waals surface area contributed by atoms with Crippen LogP contribution < -0.4 is 10.2 Å². The van der Waals surface area contributed by atoms with E-state index >= 15 is 0 Å². The van der Waals surface area contributed by atoms with Gasteiger partial charge in [0.2, 0.25) is 11.9 Å². The normalized spacial score (nSPS) is 16.6. The van der Waals surface area contributed by atoms with E-state index in [1.165, 1.54) is 0 Å². The van der Waals surface area contributed by atoms with Crippen molar-refractivity contribution in [1.29, 1.82) is 0 Å². The van der Waals surface area contributed by atoms with E-state index in [9.17, 15) is 4.79 Å². The molecule has 6 nitrogen and oxygen atoms in total. The summed E-state index contributed by atoms with van der Waals surface area (Å²) in [6.07, 6.45) is 3.48. The predicted octanol–water partition coefficient (Wildman–Crippen LogP) is 0.123. The van der Waals surface area contributed by atoms with Gasteiger partial charge in [-0.25, -0.2) is 9.97 Å². The molecule has 1 aliphatic heterocycles. The molecule has 1 amide bonds. The van der Waals surface area contributed by atoms with E-state index in [0.717, 1.165) is 19.0 Å². The first-order chi connectivity index (χ1) is 9.04. The first-order valence-electron chi connectivity index (χ1n) is 6.55. The number of likely N-dealkylation sites (N-methyl/N-ethyl adjacent to an activating group) is 1. The molecule has 0 aromatic carbocycles. The average molecular weight is 263 g/mol. The molecule has 0 aliphatic carbocycles. The molecule has 1 saturated heterocycles. The summed E-state index contributed by atoms with van der Waals surface area (Å²) in [6, 6.07) is 1.80. The number of hydrogen-bond donors (Lipinski definition) is 1. The second-order valence-corrected chi connectivity index (χ2v) is 5.20. The molecule has 104 valence electrons. The summed E-state index contributed by atoms with van der Waals surface area (Å²) < 4.78 is 0. The summed E-state index contributed by atoms with van der Waals surface area (Å²) in [6.45, 7) is 6.78. The van der Waals surface area contributed by atoms with Crippen molar-refractivity contribution in [2.75, 3.05) is 38.1 Å². The summed E-state index contributed by atoms with van der Waals surface area (Å²) in [5.74, 6) is 0.881. The highest BCUT2D eigenvalue weighted by Gasteiger charge is 2.32. The lowest BCUT2D eigenvalue weighted by Crippen LogP contribution is -2.58. The van der Waals surface area contributed by atoms with Gasteiger partial charge in [0.1, 0.15) is 0 Å². The van der Waals surface area contributed by atoms with Crippen LogP contribution in [0, 0.1) is 0 Å². The second-order valence-electron chi connectivity index (χ2n) is 5.20. The molecule has 0 bridgehead atoms. The van der Waals surface area contributed by atoms with Gasteiger partial charge in [0.05, 0.1) is 5.54 Å². The van der Waals surface area contributed by atoms with E-state index in [0.29, 0.717) is 13.1 Å². The van der Waals surface area contributed by atoms with Crippen molar-refractivity contribution < 1.29 is 4.79 Å². The van der Waals surface area contributed by atoms with E-state index in [1.807, 2.05) is 25.8 Å². The molecule has 0 saturated carbocycles. The lowest BCUT2D eigenvalue weighted by Gasteiger charge is -2.38. The largest absolute Gasteiger partial charge is 0.338 e. The topological polar surface area (TPSA) is 61.4 Å². The van der Waals surface area contributed by atoms with Crippen LogP contribution in [0.3, 0.4) is 0 Å². The fourth-order valence-electron chi connectivity index (χ4n) is 2.07. The van der Waals surface area contributed by atoms with Crippen LogP contribution in [0.2, 0.25) is 0 Å². The van der Waals surface area contributed by atoms with Crippen LogP contribution in [0.1, 0.15) is 13.8 Å². The predicted molar refractivity (Wildman–Crippen MR) is 74.0 cm³/mol. The molecule has 1 fully saturated rings. The molecule has 1 aliphatic rings. The zero-order valence-corrected chi connectivity index (χ0v) is 11.8. The van der Waals surface area contributed by atoms with Crippen molar-refractivity contribution in [3.05, 3.63) is 18.5 Å². The molecule has 2 heterocycles. The van der Waals surface area contributed by atoms with Gasteiger partial charge in [-0.05, 0) is 27.0 Å². The Balaban J connectivity index is 1.95. The van der Waals surface area contributed by atoms with Gasteiger partial charge in [-0.3, -0.25) is 4.79 Å². The van der Waals surface area contributed by atoms with Crippen molar-refractivity contribution in [1.82, 2.24) is 20.2 Å². The summed E-state index contributed by atoms with van der Waals surface area (Å²) in [5, 5.41) is 3.05. The molecular formula is C13H21N5O. The van der Waals surface area contributed by atoms with Crippen LogP contribution in [0.4, 0.5) is 5.95 Å². The zero-order chi connectivity index (χ0) is 13.9. The number of nitrogens with zero attached hydrogens (tertiary/aromatic N) is 4. The molecule has 1 aromatic heterocycles. The highest BCUT2D eigenvalue weighted by molar-refractivity contribution is 5.85. The summed E-state index contributed by atoms with van der Waals surface area (Å²) >= 11 is 0. The van der Waals surface area contributed by atoms with Crippen molar-refractivity contribution in [2.45, 2.75) is 19.4 Å². The Morgan fingerprint density at radius 2 is 1.79 bits per heavy atom. The van der Waals surface area contributed by atoms with Crippen molar-refractivity contribution in [3.63, 3.8) is 0 Å². The number of carbonyl (C=O) groups excluding carboxylic acids is 1. The van der Waals surface area contributed by atoms with Crippen LogP contribution in [0.15, 0.2) is 18.5 Å². The van der Waals surface area contributed by atoms with Gasteiger partial charge in [-0.2, -0.15) is 0 Å². The Bertz CT molecular complexity index is 426. The Hall–Kier alpha value is -1.69. The number of piperazine rings is 1. The van der Waals surface area contributed by atoms with E-state index in [1.54, 1.807) is 18.5 Å². The first kappa shape index (κ1) is 13.7. The summed E-state index contributed by atoms with van der Waals surface area (Å²) in [4.78, 5) is 24.8. The zero-order valence-electron chi connectivity index (χ0n) is 11.8. The minimum Gasteiger partial charge on any atom is -0.338 e. The standard InChI is InChI=1S/C13H21N5O/c1-13(2,14-3)11(19)17-7-9-18(10-8-17)12-15-5-4-6-16-12/h4-6,14H,7-10H2,1-3H3. The molecule has 6 heteroatoms. The van der Waals surface area contributed by atoms with Gasteiger partial charge in [-0.1, -0.05) is 0 Å². The fraction of sp³-hybridized carbons (Fsp3) is 0.615. The summed E-state index contributed by atoms with van der Waals surface area (Å²) in [5.41, 5.74) is -0.509. The fourth-order valence-corrected chi connectivity index (χ4v) is 2.07. The van der Waals surface area contributed by atoms with E-state index in [2.05, 4.69) is 20.2 Å². The first-order valence-corrected chi connectivity index (χ1v) is 6.55. The molecule has 0 spiro atoms. The SMILES string of the molecule is CNC(C)(C)C(=O)N1CCN(c2ncccn2)CC1. The number of hydrogen-bond acceptors (Lipinski definition) is 5. The Labute approximate surface area is 113 Å². The van der Waals surface area contributed by atoms with Crippen LogP contribution in [0.5, 0.6) is 0 Å². The lowest BCUT2D eigenvalue weighted by molar-refractivity contribution is -0.137. The van der Waals surface area contributed by atoms with Gasteiger partial charge in [0.25, 0.3) is 0 Å². The van der Waals surface area contributed by atoms with Gasteiger partial charge in [0.15, 0.2) is 0 Å².